The third kappa shape index (κ3) is 1.41. The quantitative estimate of drug-likeness (QED) is 0.746. The Morgan fingerprint density at radius 1 is 1.69 bits per heavy atom. The first-order valence-corrected chi connectivity index (χ1v) is 4.33. The lowest BCUT2D eigenvalue weighted by atomic mass is 10.1. The molecule has 0 spiro atoms. The average molecular weight is 177 g/mol. The van der Waals surface area contributed by atoms with Crippen molar-refractivity contribution in [1.82, 2.24) is 4.98 Å². The van der Waals surface area contributed by atoms with Crippen LogP contribution in [-0.4, -0.2) is 16.1 Å². The van der Waals surface area contributed by atoms with Crippen molar-refractivity contribution in [3.8, 4) is 0 Å². The van der Waals surface area contributed by atoms with Crippen LogP contribution in [0.15, 0.2) is 18.5 Å². The van der Waals surface area contributed by atoms with Crippen LogP contribution >= 0.6 is 0 Å². The molecule has 3 nitrogen and oxygen atoms in total. The van der Waals surface area contributed by atoms with Crippen molar-refractivity contribution in [2.45, 2.75) is 19.3 Å². The van der Waals surface area contributed by atoms with Gasteiger partial charge in [0.1, 0.15) is 0 Å². The Labute approximate surface area is 76.4 Å². The number of aromatic nitrogens is 1. The SMILES string of the molecule is Cc1cnccc1[C@@H]1C[C@H]1C(=O)O. The highest BCUT2D eigenvalue weighted by Gasteiger charge is 2.44. The Morgan fingerprint density at radius 3 is 3.00 bits per heavy atom. The number of hydrogen-bond donors (Lipinski definition) is 1. The fraction of sp³-hybridized carbons (Fsp3) is 0.400. The molecule has 68 valence electrons. The molecule has 0 bridgehead atoms. The van der Waals surface area contributed by atoms with E-state index in [0.717, 1.165) is 17.5 Å². The fourth-order valence-corrected chi connectivity index (χ4v) is 1.71. The smallest absolute Gasteiger partial charge is 0.307 e. The van der Waals surface area contributed by atoms with Gasteiger partial charge in [-0.1, -0.05) is 0 Å². The van der Waals surface area contributed by atoms with Crippen LogP contribution in [0.4, 0.5) is 0 Å². The molecule has 3 heteroatoms. The molecule has 0 aliphatic heterocycles. The van der Waals surface area contributed by atoms with Gasteiger partial charge in [0, 0.05) is 12.4 Å². The van der Waals surface area contributed by atoms with Crippen molar-refractivity contribution in [2.24, 2.45) is 5.92 Å². The summed E-state index contributed by atoms with van der Waals surface area (Å²) < 4.78 is 0. The van der Waals surface area contributed by atoms with Gasteiger partial charge in [0.05, 0.1) is 5.92 Å². The van der Waals surface area contributed by atoms with E-state index in [0.29, 0.717) is 0 Å². The predicted molar refractivity (Wildman–Crippen MR) is 47.5 cm³/mol. The van der Waals surface area contributed by atoms with Crippen molar-refractivity contribution < 1.29 is 9.90 Å². The van der Waals surface area contributed by atoms with Crippen molar-refractivity contribution in [2.75, 3.05) is 0 Å². The third-order valence-electron chi connectivity index (χ3n) is 2.57. The van der Waals surface area contributed by atoms with Crippen LogP contribution in [0.5, 0.6) is 0 Å². The van der Waals surface area contributed by atoms with Crippen LogP contribution in [0.1, 0.15) is 23.5 Å². The molecule has 0 saturated heterocycles. The normalized spacial score (nSPS) is 25.6. The minimum atomic E-state index is -0.679. The number of carbonyl (C=O) groups is 1. The summed E-state index contributed by atoms with van der Waals surface area (Å²) in [5.74, 6) is -0.622. The molecule has 2 atom stereocenters. The molecule has 1 fully saturated rings. The molecular weight excluding hydrogens is 166 g/mol. The molecule has 0 aromatic carbocycles. The summed E-state index contributed by atoms with van der Waals surface area (Å²) in [6.45, 7) is 1.97. The molecule has 1 saturated carbocycles. The van der Waals surface area contributed by atoms with E-state index in [4.69, 9.17) is 5.11 Å². The van der Waals surface area contributed by atoms with E-state index < -0.39 is 5.97 Å². The van der Waals surface area contributed by atoms with Gasteiger partial charge in [-0.15, -0.1) is 0 Å². The highest BCUT2D eigenvalue weighted by atomic mass is 16.4. The summed E-state index contributed by atoms with van der Waals surface area (Å²) in [5.41, 5.74) is 2.23. The first-order chi connectivity index (χ1) is 6.20. The highest BCUT2D eigenvalue weighted by Crippen LogP contribution is 2.48. The summed E-state index contributed by atoms with van der Waals surface area (Å²) in [4.78, 5) is 14.6. The van der Waals surface area contributed by atoms with E-state index in [9.17, 15) is 4.79 Å². The Hall–Kier alpha value is -1.38. The molecule has 1 aromatic heterocycles. The fourth-order valence-electron chi connectivity index (χ4n) is 1.71. The molecule has 13 heavy (non-hydrogen) atoms. The van der Waals surface area contributed by atoms with E-state index in [1.54, 1.807) is 12.4 Å². The maximum atomic E-state index is 10.6. The molecule has 1 aliphatic rings. The van der Waals surface area contributed by atoms with Crippen LogP contribution in [0.2, 0.25) is 0 Å². The predicted octanol–water partition coefficient (Wildman–Crippen LogP) is 1.58. The molecule has 1 aliphatic carbocycles. The Bertz CT molecular complexity index is 349. The molecule has 1 N–H and O–H groups in total. The van der Waals surface area contributed by atoms with Gasteiger partial charge in [0.25, 0.3) is 0 Å². The molecular formula is C10H11NO2. The van der Waals surface area contributed by atoms with Crippen molar-refractivity contribution in [3.05, 3.63) is 29.6 Å². The Morgan fingerprint density at radius 2 is 2.46 bits per heavy atom. The largest absolute Gasteiger partial charge is 0.481 e. The lowest BCUT2D eigenvalue weighted by Gasteiger charge is -2.01. The first-order valence-electron chi connectivity index (χ1n) is 4.33. The van der Waals surface area contributed by atoms with Gasteiger partial charge in [-0.25, -0.2) is 0 Å². The Balaban J connectivity index is 2.21. The molecule has 0 unspecified atom stereocenters. The molecule has 1 heterocycles. The van der Waals surface area contributed by atoms with Gasteiger partial charge >= 0.3 is 5.97 Å². The average Bonchev–Trinajstić information content (AvgIpc) is 2.84. The number of carboxylic acid groups (broad SMARTS) is 1. The van der Waals surface area contributed by atoms with E-state index in [1.165, 1.54) is 0 Å². The van der Waals surface area contributed by atoms with Crippen molar-refractivity contribution >= 4 is 5.97 Å². The van der Waals surface area contributed by atoms with Crippen LogP contribution in [-0.2, 0) is 4.79 Å². The van der Waals surface area contributed by atoms with Crippen LogP contribution in [0, 0.1) is 12.8 Å². The lowest BCUT2D eigenvalue weighted by molar-refractivity contribution is -0.138. The molecule has 2 rings (SSSR count). The van der Waals surface area contributed by atoms with Crippen LogP contribution in [0.3, 0.4) is 0 Å². The maximum Gasteiger partial charge on any atom is 0.307 e. The van der Waals surface area contributed by atoms with Gasteiger partial charge in [0.15, 0.2) is 0 Å². The molecule has 0 amide bonds. The second kappa shape index (κ2) is 2.83. The zero-order valence-corrected chi connectivity index (χ0v) is 7.40. The number of carboxylic acids is 1. The second-order valence-corrected chi connectivity index (χ2v) is 3.52. The maximum absolute atomic E-state index is 10.6. The molecule has 0 radical (unpaired) electrons. The van der Waals surface area contributed by atoms with E-state index in [-0.39, 0.29) is 11.8 Å². The number of nitrogens with zero attached hydrogens (tertiary/aromatic N) is 1. The summed E-state index contributed by atoms with van der Waals surface area (Å²) in [7, 11) is 0. The van der Waals surface area contributed by atoms with Gasteiger partial charge in [0.2, 0.25) is 0 Å². The van der Waals surface area contributed by atoms with E-state index >= 15 is 0 Å². The minimum absolute atomic E-state index is 0.166. The van der Waals surface area contributed by atoms with Gasteiger partial charge in [-0.3, -0.25) is 9.78 Å². The van der Waals surface area contributed by atoms with Crippen molar-refractivity contribution in [3.63, 3.8) is 0 Å². The van der Waals surface area contributed by atoms with Gasteiger partial charge in [-0.2, -0.15) is 0 Å². The van der Waals surface area contributed by atoms with Crippen LogP contribution < -0.4 is 0 Å². The minimum Gasteiger partial charge on any atom is -0.481 e. The summed E-state index contributed by atoms with van der Waals surface area (Å²) >= 11 is 0. The zero-order chi connectivity index (χ0) is 9.42. The number of rotatable bonds is 2. The summed E-state index contributed by atoms with van der Waals surface area (Å²) in [6.07, 6.45) is 4.28. The second-order valence-electron chi connectivity index (χ2n) is 3.52. The third-order valence-corrected chi connectivity index (χ3v) is 2.57. The number of aryl methyl sites for hydroxylation is 1. The molecule has 1 aromatic rings. The number of pyridine rings is 1. The summed E-state index contributed by atoms with van der Waals surface area (Å²) in [6, 6.07) is 1.92. The van der Waals surface area contributed by atoms with Crippen LogP contribution in [0.25, 0.3) is 0 Å². The standard InChI is InChI=1S/C10H11NO2/c1-6-5-11-3-2-7(6)8-4-9(8)10(12)13/h2-3,5,8-9H,4H2,1H3,(H,12,13)/t8-,9+/m0/s1. The first kappa shape index (κ1) is 8.23. The zero-order valence-electron chi connectivity index (χ0n) is 7.40. The topological polar surface area (TPSA) is 50.2 Å². The van der Waals surface area contributed by atoms with E-state index in [2.05, 4.69) is 4.98 Å². The Kier molecular flexibility index (Phi) is 1.79. The lowest BCUT2D eigenvalue weighted by Crippen LogP contribution is -1.99. The summed E-state index contributed by atoms with van der Waals surface area (Å²) in [5, 5.41) is 8.76. The van der Waals surface area contributed by atoms with Gasteiger partial charge in [-0.05, 0) is 36.5 Å². The van der Waals surface area contributed by atoms with E-state index in [1.807, 2.05) is 13.0 Å². The highest BCUT2D eigenvalue weighted by molar-refractivity contribution is 5.75. The number of hydrogen-bond acceptors (Lipinski definition) is 2. The number of aliphatic carboxylic acids is 1. The monoisotopic (exact) mass is 177 g/mol. The van der Waals surface area contributed by atoms with Gasteiger partial charge < -0.3 is 5.11 Å². The van der Waals surface area contributed by atoms with Crippen molar-refractivity contribution in [1.29, 1.82) is 0 Å².